The van der Waals surface area contributed by atoms with Gasteiger partial charge in [-0.3, -0.25) is 0 Å². The van der Waals surface area contributed by atoms with Crippen LogP contribution >= 0.6 is 0 Å². The zero-order chi connectivity index (χ0) is 14.2. The Kier molecular flexibility index (Phi) is 3.15. The van der Waals surface area contributed by atoms with E-state index in [0.29, 0.717) is 25.7 Å². The van der Waals surface area contributed by atoms with Gasteiger partial charge in [0.1, 0.15) is 5.75 Å². The summed E-state index contributed by atoms with van der Waals surface area (Å²) < 4.78 is 5.36. The van der Waals surface area contributed by atoms with Gasteiger partial charge in [-0.05, 0) is 43.4 Å². The van der Waals surface area contributed by atoms with E-state index >= 15 is 0 Å². The topological polar surface area (TPSA) is 69.0 Å². The van der Waals surface area contributed by atoms with Crippen LogP contribution < -0.4 is 4.74 Å². The summed E-state index contributed by atoms with van der Waals surface area (Å²) in [5.74, 6) is 0.790. The van der Waals surface area contributed by atoms with Gasteiger partial charge in [-0.25, -0.2) is 0 Å². The van der Waals surface area contributed by atoms with Gasteiger partial charge in [0.25, 0.3) is 0 Å². The minimum atomic E-state index is -0.494. The lowest BCUT2D eigenvalue weighted by Gasteiger charge is -2.34. The van der Waals surface area contributed by atoms with Crippen molar-refractivity contribution in [2.24, 2.45) is 0 Å². The predicted octanol–water partition coefficient (Wildman–Crippen LogP) is 2.87. The second-order valence-electron chi connectivity index (χ2n) is 5.51. The molecule has 4 heteroatoms. The zero-order valence-corrected chi connectivity index (χ0v) is 11.5. The van der Waals surface area contributed by atoms with Crippen molar-refractivity contribution in [3.8, 4) is 11.8 Å². The van der Waals surface area contributed by atoms with Crippen molar-refractivity contribution in [1.29, 1.82) is 5.26 Å². The highest BCUT2D eigenvalue weighted by atomic mass is 16.5. The van der Waals surface area contributed by atoms with Gasteiger partial charge < -0.3 is 14.8 Å². The summed E-state index contributed by atoms with van der Waals surface area (Å²) >= 11 is 0. The van der Waals surface area contributed by atoms with Gasteiger partial charge in [-0.1, -0.05) is 6.07 Å². The molecule has 3 rings (SSSR count). The summed E-state index contributed by atoms with van der Waals surface area (Å²) in [7, 11) is 1.65. The number of H-pyrrole nitrogens is 1. The Bertz CT molecular complexity index is 661. The number of methoxy groups -OCH3 is 1. The Morgan fingerprint density at radius 1 is 1.35 bits per heavy atom. The number of aliphatic hydroxyl groups is 1. The van der Waals surface area contributed by atoms with Crippen LogP contribution in [-0.4, -0.2) is 23.3 Å². The normalized spacial score (nSPS) is 26.4. The highest BCUT2D eigenvalue weighted by Crippen LogP contribution is 2.43. The molecule has 20 heavy (non-hydrogen) atoms. The van der Waals surface area contributed by atoms with Crippen molar-refractivity contribution in [3.05, 3.63) is 30.0 Å². The third-order valence-electron chi connectivity index (χ3n) is 4.44. The SMILES string of the molecule is COc1ccc(C2(C#N)CCC(O)CC2)c2cc[nH]c12. The number of nitrogens with one attached hydrogen (secondary N) is 1. The number of nitriles is 1. The van der Waals surface area contributed by atoms with Gasteiger partial charge in [0.15, 0.2) is 0 Å². The lowest BCUT2D eigenvalue weighted by Crippen LogP contribution is -2.32. The van der Waals surface area contributed by atoms with Crippen LogP contribution in [0.3, 0.4) is 0 Å². The molecular weight excluding hydrogens is 252 g/mol. The quantitative estimate of drug-likeness (QED) is 0.881. The summed E-state index contributed by atoms with van der Waals surface area (Å²) in [6.45, 7) is 0. The molecule has 0 amide bonds. The first-order chi connectivity index (χ1) is 9.70. The number of aromatic nitrogens is 1. The van der Waals surface area contributed by atoms with Crippen molar-refractivity contribution in [3.63, 3.8) is 0 Å². The van der Waals surface area contributed by atoms with Gasteiger partial charge in [0, 0.05) is 11.6 Å². The fourth-order valence-corrected chi connectivity index (χ4v) is 3.25. The first kappa shape index (κ1) is 13.0. The Labute approximate surface area is 118 Å². The van der Waals surface area contributed by atoms with Crippen molar-refractivity contribution in [2.75, 3.05) is 7.11 Å². The molecule has 104 valence electrons. The van der Waals surface area contributed by atoms with Crippen LogP contribution in [0.15, 0.2) is 24.4 Å². The van der Waals surface area contributed by atoms with Gasteiger partial charge in [0.05, 0.1) is 30.2 Å². The molecule has 0 bridgehead atoms. The number of hydrogen-bond donors (Lipinski definition) is 2. The van der Waals surface area contributed by atoms with E-state index in [-0.39, 0.29) is 6.10 Å². The molecule has 1 heterocycles. The average molecular weight is 270 g/mol. The summed E-state index contributed by atoms with van der Waals surface area (Å²) in [5.41, 5.74) is 1.49. The van der Waals surface area contributed by atoms with E-state index in [1.54, 1.807) is 7.11 Å². The third kappa shape index (κ3) is 1.86. The summed E-state index contributed by atoms with van der Waals surface area (Å²) in [6.07, 6.45) is 4.39. The van der Waals surface area contributed by atoms with E-state index in [4.69, 9.17) is 4.74 Å². The molecule has 1 aromatic heterocycles. The molecule has 2 aromatic rings. The van der Waals surface area contributed by atoms with Gasteiger partial charge in [-0.2, -0.15) is 5.26 Å². The number of aliphatic hydroxyl groups excluding tert-OH is 1. The van der Waals surface area contributed by atoms with Crippen LogP contribution in [0, 0.1) is 11.3 Å². The molecule has 2 N–H and O–H groups in total. The molecule has 1 saturated carbocycles. The Morgan fingerprint density at radius 3 is 2.75 bits per heavy atom. The Morgan fingerprint density at radius 2 is 2.10 bits per heavy atom. The van der Waals surface area contributed by atoms with Crippen LogP contribution in [0.4, 0.5) is 0 Å². The molecule has 0 unspecified atom stereocenters. The van der Waals surface area contributed by atoms with Crippen LogP contribution in [0.5, 0.6) is 5.75 Å². The molecule has 0 atom stereocenters. The minimum Gasteiger partial charge on any atom is -0.495 e. The largest absolute Gasteiger partial charge is 0.495 e. The summed E-state index contributed by atoms with van der Waals surface area (Å²) in [4.78, 5) is 3.18. The Balaban J connectivity index is 2.14. The van der Waals surface area contributed by atoms with E-state index < -0.39 is 5.41 Å². The first-order valence-corrected chi connectivity index (χ1v) is 6.94. The van der Waals surface area contributed by atoms with Crippen LogP contribution in [0.25, 0.3) is 10.9 Å². The number of aromatic amines is 1. The highest BCUT2D eigenvalue weighted by Gasteiger charge is 2.38. The van der Waals surface area contributed by atoms with Crippen LogP contribution in [-0.2, 0) is 5.41 Å². The lowest BCUT2D eigenvalue weighted by molar-refractivity contribution is 0.110. The molecule has 0 saturated heterocycles. The molecule has 0 aliphatic heterocycles. The second-order valence-corrected chi connectivity index (χ2v) is 5.51. The maximum atomic E-state index is 9.73. The molecular formula is C16H18N2O2. The fourth-order valence-electron chi connectivity index (χ4n) is 3.25. The number of hydrogen-bond acceptors (Lipinski definition) is 3. The number of benzene rings is 1. The van der Waals surface area contributed by atoms with E-state index in [1.807, 2.05) is 24.4 Å². The fraction of sp³-hybridized carbons (Fsp3) is 0.438. The van der Waals surface area contributed by atoms with E-state index in [0.717, 1.165) is 22.2 Å². The molecule has 1 aliphatic carbocycles. The molecule has 4 nitrogen and oxygen atoms in total. The smallest absolute Gasteiger partial charge is 0.142 e. The second kappa shape index (κ2) is 4.84. The monoisotopic (exact) mass is 270 g/mol. The van der Waals surface area contributed by atoms with Crippen LogP contribution in [0.2, 0.25) is 0 Å². The Hall–Kier alpha value is -1.99. The number of fused-ring (bicyclic) bond motifs is 1. The van der Waals surface area contributed by atoms with Crippen molar-refractivity contribution in [1.82, 2.24) is 4.98 Å². The third-order valence-corrected chi connectivity index (χ3v) is 4.44. The predicted molar refractivity (Wildman–Crippen MR) is 76.6 cm³/mol. The van der Waals surface area contributed by atoms with Gasteiger partial charge in [0.2, 0.25) is 0 Å². The number of ether oxygens (including phenoxy) is 1. The lowest BCUT2D eigenvalue weighted by atomic mass is 9.69. The molecule has 0 spiro atoms. The van der Waals surface area contributed by atoms with E-state index in [9.17, 15) is 10.4 Å². The minimum absolute atomic E-state index is 0.267. The number of rotatable bonds is 2. The number of nitrogens with zero attached hydrogens (tertiary/aromatic N) is 1. The molecule has 1 aromatic carbocycles. The van der Waals surface area contributed by atoms with Gasteiger partial charge >= 0.3 is 0 Å². The summed E-state index contributed by atoms with van der Waals surface area (Å²) in [5, 5.41) is 20.5. The highest BCUT2D eigenvalue weighted by molar-refractivity contribution is 5.89. The maximum absolute atomic E-state index is 9.73. The molecule has 0 radical (unpaired) electrons. The van der Waals surface area contributed by atoms with Crippen molar-refractivity contribution >= 4 is 10.9 Å². The molecule has 1 aliphatic rings. The van der Waals surface area contributed by atoms with Crippen molar-refractivity contribution < 1.29 is 9.84 Å². The standard InChI is InChI=1S/C16H18N2O2/c1-20-14-3-2-13(12-6-9-18-15(12)14)16(10-17)7-4-11(19)5-8-16/h2-3,6,9,11,18-19H,4-5,7-8H2,1H3. The maximum Gasteiger partial charge on any atom is 0.142 e. The zero-order valence-electron chi connectivity index (χ0n) is 11.5. The van der Waals surface area contributed by atoms with Crippen molar-refractivity contribution in [2.45, 2.75) is 37.2 Å². The van der Waals surface area contributed by atoms with E-state index in [2.05, 4.69) is 11.1 Å². The van der Waals surface area contributed by atoms with Crippen LogP contribution in [0.1, 0.15) is 31.2 Å². The summed E-state index contributed by atoms with van der Waals surface area (Å²) in [6, 6.07) is 8.42. The average Bonchev–Trinajstić information content (AvgIpc) is 2.97. The van der Waals surface area contributed by atoms with Gasteiger partial charge in [-0.15, -0.1) is 0 Å². The van der Waals surface area contributed by atoms with E-state index in [1.165, 1.54) is 0 Å². The molecule has 1 fully saturated rings. The first-order valence-electron chi connectivity index (χ1n) is 6.94.